The highest BCUT2D eigenvalue weighted by Crippen LogP contribution is 2.38. The number of halogens is 1. The van der Waals surface area contributed by atoms with Crippen LogP contribution in [0.2, 0.25) is 0 Å². The predicted octanol–water partition coefficient (Wildman–Crippen LogP) is 3.98. The van der Waals surface area contributed by atoms with E-state index in [9.17, 15) is 4.79 Å². The molecule has 1 aromatic carbocycles. The fourth-order valence-electron chi connectivity index (χ4n) is 1.94. The summed E-state index contributed by atoms with van der Waals surface area (Å²) < 4.78 is 0.733. The standard InChI is InChI=1S/C13H16BrNOS/c1-9-4-5-10(14)8-11(9)15-12(16)13(2)6-3-7-17-13/h4-5,8H,3,6-7H2,1-2H3,(H,15,16). The van der Waals surface area contributed by atoms with Gasteiger partial charge in [-0.1, -0.05) is 22.0 Å². The van der Waals surface area contributed by atoms with Crippen molar-refractivity contribution in [3.8, 4) is 0 Å². The first kappa shape index (κ1) is 13.0. The summed E-state index contributed by atoms with van der Waals surface area (Å²) in [6.07, 6.45) is 2.10. The molecule has 0 aliphatic carbocycles. The normalized spacial score (nSPS) is 23.7. The number of hydrogen-bond acceptors (Lipinski definition) is 2. The molecule has 1 heterocycles. The maximum atomic E-state index is 12.3. The number of amides is 1. The molecule has 1 aliphatic heterocycles. The first-order valence-corrected chi connectivity index (χ1v) is 7.51. The van der Waals surface area contributed by atoms with Gasteiger partial charge in [-0.2, -0.15) is 0 Å². The molecular formula is C13H16BrNOS. The number of carbonyl (C=O) groups is 1. The van der Waals surface area contributed by atoms with Crippen LogP contribution in [0.25, 0.3) is 0 Å². The van der Waals surface area contributed by atoms with E-state index in [1.165, 1.54) is 0 Å². The molecule has 2 nitrogen and oxygen atoms in total. The minimum absolute atomic E-state index is 0.126. The number of nitrogens with one attached hydrogen (secondary N) is 1. The fourth-order valence-corrected chi connectivity index (χ4v) is 3.51. The van der Waals surface area contributed by atoms with Gasteiger partial charge in [-0.25, -0.2) is 0 Å². The molecule has 1 aliphatic rings. The van der Waals surface area contributed by atoms with Crippen molar-refractivity contribution in [2.75, 3.05) is 11.1 Å². The molecule has 0 bridgehead atoms. The molecule has 1 N–H and O–H groups in total. The third-order valence-corrected chi connectivity index (χ3v) is 5.16. The SMILES string of the molecule is Cc1ccc(Br)cc1NC(=O)C1(C)CCCS1. The molecule has 0 spiro atoms. The lowest BCUT2D eigenvalue weighted by molar-refractivity contribution is -0.118. The summed E-state index contributed by atoms with van der Waals surface area (Å²) in [4.78, 5) is 12.3. The molecule has 1 saturated heterocycles. The second-order valence-corrected chi connectivity index (χ2v) is 7.11. The molecule has 1 unspecified atom stereocenters. The van der Waals surface area contributed by atoms with E-state index >= 15 is 0 Å². The van der Waals surface area contributed by atoms with Gasteiger partial charge in [0.25, 0.3) is 0 Å². The average molecular weight is 314 g/mol. The summed E-state index contributed by atoms with van der Waals surface area (Å²) in [6.45, 7) is 4.04. The summed E-state index contributed by atoms with van der Waals surface area (Å²) in [5.74, 6) is 1.21. The molecule has 1 atom stereocenters. The molecule has 92 valence electrons. The van der Waals surface area contributed by atoms with Crippen molar-refractivity contribution in [1.82, 2.24) is 0 Å². The Kier molecular flexibility index (Phi) is 3.83. The van der Waals surface area contributed by atoms with Gasteiger partial charge in [-0.15, -0.1) is 11.8 Å². The Labute approximate surface area is 115 Å². The highest BCUT2D eigenvalue weighted by atomic mass is 79.9. The van der Waals surface area contributed by atoms with Crippen molar-refractivity contribution in [3.05, 3.63) is 28.2 Å². The van der Waals surface area contributed by atoms with Crippen LogP contribution in [-0.4, -0.2) is 16.4 Å². The third-order valence-electron chi connectivity index (χ3n) is 3.15. The summed E-state index contributed by atoms with van der Waals surface area (Å²) in [5, 5.41) is 3.04. The van der Waals surface area contributed by atoms with Gasteiger partial charge >= 0.3 is 0 Å². The minimum Gasteiger partial charge on any atom is -0.325 e. The molecule has 0 saturated carbocycles. The maximum Gasteiger partial charge on any atom is 0.240 e. The van der Waals surface area contributed by atoms with E-state index in [2.05, 4.69) is 21.2 Å². The largest absolute Gasteiger partial charge is 0.325 e. The Balaban J connectivity index is 2.15. The predicted molar refractivity (Wildman–Crippen MR) is 77.6 cm³/mol. The van der Waals surface area contributed by atoms with E-state index < -0.39 is 0 Å². The molecule has 4 heteroatoms. The number of anilines is 1. The lowest BCUT2D eigenvalue weighted by Gasteiger charge is -2.22. The Morgan fingerprint density at radius 3 is 2.94 bits per heavy atom. The first-order chi connectivity index (χ1) is 8.01. The Morgan fingerprint density at radius 2 is 2.29 bits per heavy atom. The highest BCUT2D eigenvalue weighted by Gasteiger charge is 2.37. The van der Waals surface area contributed by atoms with Crippen LogP contribution in [-0.2, 0) is 4.79 Å². The van der Waals surface area contributed by atoms with E-state index in [0.29, 0.717) is 0 Å². The van der Waals surface area contributed by atoms with Crippen molar-refractivity contribution >= 4 is 39.3 Å². The Hall–Kier alpha value is -0.480. The van der Waals surface area contributed by atoms with Crippen LogP contribution in [0.15, 0.2) is 22.7 Å². The van der Waals surface area contributed by atoms with Crippen molar-refractivity contribution in [3.63, 3.8) is 0 Å². The lowest BCUT2D eigenvalue weighted by atomic mass is 10.0. The average Bonchev–Trinajstić information content (AvgIpc) is 2.72. The van der Waals surface area contributed by atoms with Crippen LogP contribution in [0.3, 0.4) is 0 Å². The molecule has 1 amide bonds. The summed E-state index contributed by atoms with van der Waals surface area (Å²) in [6, 6.07) is 5.94. The van der Waals surface area contributed by atoms with Crippen molar-refractivity contribution in [1.29, 1.82) is 0 Å². The van der Waals surface area contributed by atoms with Crippen LogP contribution in [0, 0.1) is 6.92 Å². The molecule has 1 aromatic rings. The van der Waals surface area contributed by atoms with Crippen LogP contribution < -0.4 is 5.32 Å². The topological polar surface area (TPSA) is 29.1 Å². The van der Waals surface area contributed by atoms with E-state index in [-0.39, 0.29) is 10.7 Å². The van der Waals surface area contributed by atoms with E-state index in [1.54, 1.807) is 11.8 Å². The van der Waals surface area contributed by atoms with E-state index in [4.69, 9.17) is 0 Å². The van der Waals surface area contributed by atoms with Gasteiger partial charge in [-0.3, -0.25) is 4.79 Å². The molecular weight excluding hydrogens is 298 g/mol. The quantitative estimate of drug-likeness (QED) is 0.894. The Morgan fingerprint density at radius 1 is 1.53 bits per heavy atom. The third kappa shape index (κ3) is 2.86. The molecule has 1 fully saturated rings. The summed E-state index contributed by atoms with van der Waals surface area (Å²) in [7, 11) is 0. The molecule has 0 radical (unpaired) electrons. The second kappa shape index (κ2) is 5.02. The Bertz CT molecular complexity index is 441. The van der Waals surface area contributed by atoms with Gasteiger partial charge in [0.05, 0.1) is 4.75 Å². The van der Waals surface area contributed by atoms with Crippen LogP contribution in [0.5, 0.6) is 0 Å². The number of aryl methyl sites for hydroxylation is 1. The van der Waals surface area contributed by atoms with Gasteiger partial charge in [0, 0.05) is 10.2 Å². The van der Waals surface area contributed by atoms with Crippen LogP contribution in [0.4, 0.5) is 5.69 Å². The molecule has 17 heavy (non-hydrogen) atoms. The zero-order chi connectivity index (χ0) is 12.5. The van der Waals surface area contributed by atoms with E-state index in [0.717, 1.165) is 34.3 Å². The molecule has 2 rings (SSSR count). The van der Waals surface area contributed by atoms with Gasteiger partial charge in [0.15, 0.2) is 0 Å². The van der Waals surface area contributed by atoms with Gasteiger partial charge < -0.3 is 5.32 Å². The van der Waals surface area contributed by atoms with Crippen molar-refractivity contribution in [2.24, 2.45) is 0 Å². The monoisotopic (exact) mass is 313 g/mol. The second-order valence-electron chi connectivity index (χ2n) is 4.60. The van der Waals surface area contributed by atoms with Gasteiger partial charge in [0.1, 0.15) is 0 Å². The van der Waals surface area contributed by atoms with Crippen molar-refractivity contribution < 1.29 is 4.79 Å². The maximum absolute atomic E-state index is 12.3. The van der Waals surface area contributed by atoms with Gasteiger partial charge in [-0.05, 0) is 50.1 Å². The zero-order valence-electron chi connectivity index (χ0n) is 10.0. The van der Waals surface area contributed by atoms with Crippen LogP contribution in [0.1, 0.15) is 25.3 Å². The highest BCUT2D eigenvalue weighted by molar-refractivity contribution is 9.10. The number of hydrogen-bond donors (Lipinski definition) is 1. The number of rotatable bonds is 2. The first-order valence-electron chi connectivity index (χ1n) is 5.73. The fraction of sp³-hybridized carbons (Fsp3) is 0.462. The zero-order valence-corrected chi connectivity index (χ0v) is 12.5. The van der Waals surface area contributed by atoms with E-state index in [1.807, 2.05) is 32.0 Å². The lowest BCUT2D eigenvalue weighted by Crippen LogP contribution is -2.34. The molecule has 0 aromatic heterocycles. The van der Waals surface area contributed by atoms with Crippen LogP contribution >= 0.6 is 27.7 Å². The van der Waals surface area contributed by atoms with Gasteiger partial charge in [0.2, 0.25) is 5.91 Å². The minimum atomic E-state index is -0.255. The number of carbonyl (C=O) groups excluding carboxylic acids is 1. The summed E-state index contributed by atoms with van der Waals surface area (Å²) >= 11 is 5.18. The number of thioether (sulfide) groups is 1. The summed E-state index contributed by atoms with van der Waals surface area (Å²) in [5.41, 5.74) is 1.99. The van der Waals surface area contributed by atoms with Crippen molar-refractivity contribution in [2.45, 2.75) is 31.4 Å². The number of benzene rings is 1. The smallest absolute Gasteiger partial charge is 0.240 e.